The molecule has 2 rings (SSSR count). The van der Waals surface area contributed by atoms with E-state index < -0.39 is 0 Å². The Hall–Kier alpha value is -1.42. The van der Waals surface area contributed by atoms with Gasteiger partial charge in [0.05, 0.1) is 5.69 Å². The summed E-state index contributed by atoms with van der Waals surface area (Å²) >= 11 is 0. The van der Waals surface area contributed by atoms with Crippen molar-refractivity contribution in [1.29, 1.82) is 0 Å². The predicted octanol–water partition coefficient (Wildman–Crippen LogP) is 0.269. The van der Waals surface area contributed by atoms with Gasteiger partial charge in [-0.3, -0.25) is 9.78 Å². The number of hydrogen-bond donors (Lipinski definition) is 1. The number of nitrogens with one attached hydrogen (secondary N) is 1. The number of hydrogen-bond acceptors (Lipinski definition) is 3. The topological polar surface area (TPSA) is 51.2 Å². The molecule has 1 fully saturated rings. The van der Waals surface area contributed by atoms with Gasteiger partial charge in [-0.05, 0) is 12.1 Å². The summed E-state index contributed by atoms with van der Waals surface area (Å²) in [5.74, 6) is -0.0628. The molecule has 0 spiro atoms. The number of carbonyl (C=O) groups is 1. The van der Waals surface area contributed by atoms with E-state index in [1.807, 2.05) is 18.2 Å². The first-order valence-corrected chi connectivity index (χ1v) is 4.15. The molecule has 1 aliphatic rings. The second-order valence-corrected chi connectivity index (χ2v) is 2.86. The molecule has 1 aromatic rings. The fourth-order valence-electron chi connectivity index (χ4n) is 1.25. The number of morpholine rings is 1. The van der Waals surface area contributed by atoms with E-state index in [-0.39, 0.29) is 18.6 Å². The number of pyridine rings is 1. The van der Waals surface area contributed by atoms with Crippen LogP contribution in [0.25, 0.3) is 0 Å². The molecule has 0 aliphatic carbocycles. The van der Waals surface area contributed by atoms with Crippen molar-refractivity contribution in [1.82, 2.24) is 10.3 Å². The van der Waals surface area contributed by atoms with E-state index in [1.54, 1.807) is 6.20 Å². The fourth-order valence-corrected chi connectivity index (χ4v) is 1.25. The highest BCUT2D eigenvalue weighted by Gasteiger charge is 2.20. The van der Waals surface area contributed by atoms with Crippen molar-refractivity contribution in [2.45, 2.75) is 6.10 Å². The van der Waals surface area contributed by atoms with Crippen molar-refractivity contribution in [3.8, 4) is 0 Å². The summed E-state index contributed by atoms with van der Waals surface area (Å²) in [4.78, 5) is 14.9. The highest BCUT2D eigenvalue weighted by molar-refractivity contribution is 5.77. The smallest absolute Gasteiger partial charge is 0.246 e. The Morgan fingerprint density at radius 2 is 2.46 bits per heavy atom. The normalized spacial score (nSPS) is 22.5. The van der Waals surface area contributed by atoms with Gasteiger partial charge in [0.2, 0.25) is 5.91 Å². The van der Waals surface area contributed by atoms with Gasteiger partial charge in [0.1, 0.15) is 12.7 Å². The summed E-state index contributed by atoms with van der Waals surface area (Å²) in [7, 11) is 0. The zero-order valence-electron chi connectivity index (χ0n) is 7.06. The van der Waals surface area contributed by atoms with Crippen LogP contribution in [0.5, 0.6) is 0 Å². The zero-order chi connectivity index (χ0) is 9.10. The van der Waals surface area contributed by atoms with E-state index in [1.165, 1.54) is 0 Å². The second kappa shape index (κ2) is 3.53. The van der Waals surface area contributed by atoms with Crippen LogP contribution < -0.4 is 5.32 Å². The van der Waals surface area contributed by atoms with Crippen molar-refractivity contribution in [2.24, 2.45) is 0 Å². The molecule has 0 unspecified atom stereocenters. The second-order valence-electron chi connectivity index (χ2n) is 2.86. The van der Waals surface area contributed by atoms with Gasteiger partial charge >= 0.3 is 0 Å². The van der Waals surface area contributed by atoms with Gasteiger partial charge in [-0.1, -0.05) is 6.07 Å². The van der Waals surface area contributed by atoms with Crippen LogP contribution in [0.2, 0.25) is 0 Å². The number of aromatic nitrogens is 1. The molecule has 0 radical (unpaired) electrons. The molecule has 13 heavy (non-hydrogen) atoms. The van der Waals surface area contributed by atoms with E-state index in [0.29, 0.717) is 6.54 Å². The lowest BCUT2D eigenvalue weighted by Gasteiger charge is -2.22. The molecular formula is C9H10N2O2. The summed E-state index contributed by atoms with van der Waals surface area (Å²) in [5.41, 5.74) is 0.863. The van der Waals surface area contributed by atoms with Crippen LogP contribution in [-0.2, 0) is 9.53 Å². The van der Waals surface area contributed by atoms with E-state index in [2.05, 4.69) is 10.3 Å². The fraction of sp³-hybridized carbons (Fsp3) is 0.333. The van der Waals surface area contributed by atoms with E-state index >= 15 is 0 Å². The maximum Gasteiger partial charge on any atom is 0.246 e. The molecule has 1 N–H and O–H groups in total. The van der Waals surface area contributed by atoms with Crippen LogP contribution in [0.4, 0.5) is 0 Å². The van der Waals surface area contributed by atoms with Crippen molar-refractivity contribution in [2.75, 3.05) is 13.2 Å². The highest BCUT2D eigenvalue weighted by Crippen LogP contribution is 2.15. The Balaban J connectivity index is 2.07. The minimum Gasteiger partial charge on any atom is -0.360 e. The average Bonchev–Trinajstić information content (AvgIpc) is 2.20. The van der Waals surface area contributed by atoms with Gasteiger partial charge in [-0.2, -0.15) is 0 Å². The maximum absolute atomic E-state index is 10.8. The number of carbonyl (C=O) groups excluding carboxylic acids is 1. The van der Waals surface area contributed by atoms with Gasteiger partial charge in [-0.15, -0.1) is 0 Å². The van der Waals surface area contributed by atoms with Gasteiger partial charge in [0.15, 0.2) is 0 Å². The zero-order valence-corrected chi connectivity index (χ0v) is 7.06. The van der Waals surface area contributed by atoms with E-state index in [9.17, 15) is 4.79 Å². The first-order chi connectivity index (χ1) is 6.36. The van der Waals surface area contributed by atoms with Crippen molar-refractivity contribution < 1.29 is 9.53 Å². The summed E-state index contributed by atoms with van der Waals surface area (Å²) < 4.78 is 5.30. The first-order valence-electron chi connectivity index (χ1n) is 4.15. The number of amides is 1. The minimum absolute atomic E-state index is 0.0628. The third-order valence-electron chi connectivity index (χ3n) is 1.92. The van der Waals surface area contributed by atoms with Gasteiger partial charge in [0, 0.05) is 12.7 Å². The third-order valence-corrected chi connectivity index (χ3v) is 1.92. The van der Waals surface area contributed by atoms with Gasteiger partial charge in [-0.25, -0.2) is 0 Å². The molecule has 0 bridgehead atoms. The molecule has 1 amide bonds. The quantitative estimate of drug-likeness (QED) is 0.671. The van der Waals surface area contributed by atoms with E-state index in [0.717, 1.165) is 5.69 Å². The number of nitrogens with zero attached hydrogens (tertiary/aromatic N) is 1. The van der Waals surface area contributed by atoms with Gasteiger partial charge < -0.3 is 10.1 Å². The lowest BCUT2D eigenvalue weighted by Crippen LogP contribution is -2.38. The monoisotopic (exact) mass is 178 g/mol. The van der Waals surface area contributed by atoms with E-state index in [4.69, 9.17) is 4.74 Å². The van der Waals surface area contributed by atoms with Crippen LogP contribution in [0.15, 0.2) is 24.4 Å². The number of ether oxygens (including phenoxy) is 1. The molecule has 1 saturated heterocycles. The Bertz CT molecular complexity index is 290. The lowest BCUT2D eigenvalue weighted by molar-refractivity contribution is -0.133. The average molecular weight is 178 g/mol. The summed E-state index contributed by atoms with van der Waals surface area (Å²) in [6.45, 7) is 0.636. The Morgan fingerprint density at radius 3 is 3.08 bits per heavy atom. The Kier molecular flexibility index (Phi) is 2.23. The van der Waals surface area contributed by atoms with Crippen LogP contribution in [0.3, 0.4) is 0 Å². The molecule has 1 aromatic heterocycles. The standard InChI is InChI=1S/C9H10N2O2/c12-9-6-13-8(5-11-9)7-3-1-2-4-10-7/h1-4,8H,5-6H2,(H,11,12)/t8-/m1/s1. The third kappa shape index (κ3) is 1.84. The van der Waals surface area contributed by atoms with Crippen LogP contribution in [-0.4, -0.2) is 24.0 Å². The molecule has 1 aliphatic heterocycles. The molecule has 1 atom stereocenters. The SMILES string of the molecule is O=C1CO[C@@H](c2ccccn2)CN1. The van der Waals surface area contributed by atoms with Crippen molar-refractivity contribution >= 4 is 5.91 Å². The number of rotatable bonds is 1. The van der Waals surface area contributed by atoms with Crippen LogP contribution in [0.1, 0.15) is 11.8 Å². The highest BCUT2D eigenvalue weighted by atomic mass is 16.5. The lowest BCUT2D eigenvalue weighted by atomic mass is 10.2. The molecule has 68 valence electrons. The largest absolute Gasteiger partial charge is 0.360 e. The Morgan fingerprint density at radius 1 is 1.54 bits per heavy atom. The van der Waals surface area contributed by atoms with Crippen LogP contribution in [0, 0.1) is 0 Å². The molecular weight excluding hydrogens is 168 g/mol. The van der Waals surface area contributed by atoms with Crippen molar-refractivity contribution in [3.63, 3.8) is 0 Å². The molecule has 4 heteroatoms. The summed E-state index contributed by atoms with van der Waals surface area (Å²) in [5, 5.41) is 2.73. The Labute approximate surface area is 75.9 Å². The molecule has 2 heterocycles. The van der Waals surface area contributed by atoms with Gasteiger partial charge in [0.25, 0.3) is 0 Å². The molecule has 0 aromatic carbocycles. The predicted molar refractivity (Wildman–Crippen MR) is 45.9 cm³/mol. The first kappa shape index (κ1) is 8.19. The summed E-state index contributed by atoms with van der Waals surface area (Å²) in [6, 6.07) is 5.65. The van der Waals surface area contributed by atoms with Crippen molar-refractivity contribution in [3.05, 3.63) is 30.1 Å². The minimum atomic E-state index is -0.0982. The molecule has 0 saturated carbocycles. The maximum atomic E-state index is 10.8. The van der Waals surface area contributed by atoms with Crippen LogP contribution >= 0.6 is 0 Å². The summed E-state index contributed by atoms with van der Waals surface area (Å²) in [6.07, 6.45) is 1.62. The molecule has 4 nitrogen and oxygen atoms in total.